The minimum Gasteiger partial charge on any atom is -0.493 e. The van der Waals surface area contributed by atoms with Crippen LogP contribution in [-0.4, -0.2) is 21.8 Å². The third kappa shape index (κ3) is 3.85. The molecule has 0 saturated heterocycles. The van der Waals surface area contributed by atoms with Crippen LogP contribution in [0, 0.1) is 0 Å². The van der Waals surface area contributed by atoms with Crippen LogP contribution < -0.4 is 0 Å². The topological polar surface area (TPSA) is 87.0 Å². The molecule has 0 saturated carbocycles. The molecule has 0 radical (unpaired) electrons. The van der Waals surface area contributed by atoms with Gasteiger partial charge in [0.2, 0.25) is 5.88 Å². The molecule has 128 valence electrons. The second-order valence-corrected chi connectivity index (χ2v) is 6.63. The Morgan fingerprint density at radius 3 is 2.48 bits per heavy atom. The highest BCUT2D eigenvalue weighted by molar-refractivity contribution is 5.97. The van der Waals surface area contributed by atoms with E-state index in [0.717, 1.165) is 11.1 Å². The molecule has 0 aliphatic heterocycles. The van der Waals surface area contributed by atoms with Gasteiger partial charge in [-0.2, -0.15) is 0 Å². The van der Waals surface area contributed by atoms with Gasteiger partial charge in [-0.3, -0.25) is 0 Å². The number of rotatable bonds is 2. The number of carbonyl (C=O) groups is 1. The Labute approximate surface area is 145 Å². The van der Waals surface area contributed by atoms with E-state index >= 15 is 0 Å². The van der Waals surface area contributed by atoms with Crippen molar-refractivity contribution in [1.29, 1.82) is 0 Å². The average molecular weight is 337 g/mol. The Kier molecular flexibility index (Phi) is 4.27. The van der Waals surface area contributed by atoms with Crippen LogP contribution in [0.25, 0.3) is 22.0 Å². The van der Waals surface area contributed by atoms with Crippen molar-refractivity contribution in [2.45, 2.75) is 26.4 Å². The molecule has 1 amide bonds. The molecule has 2 N–H and O–H groups in total. The van der Waals surface area contributed by atoms with Crippen LogP contribution in [-0.2, 0) is 4.74 Å². The van der Waals surface area contributed by atoms with Gasteiger partial charge in [0.15, 0.2) is 5.69 Å². The normalized spacial score (nSPS) is 12.0. The third-order valence-corrected chi connectivity index (χ3v) is 3.48. The molecule has 6 nitrogen and oxygen atoms in total. The van der Waals surface area contributed by atoms with E-state index < -0.39 is 11.7 Å². The van der Waals surface area contributed by atoms with Crippen LogP contribution in [0.3, 0.4) is 0 Å². The first-order valence-electron chi connectivity index (χ1n) is 7.88. The monoisotopic (exact) mass is 337 g/mol. The van der Waals surface area contributed by atoms with Gasteiger partial charge in [-0.1, -0.05) is 41.5 Å². The van der Waals surface area contributed by atoms with E-state index in [4.69, 9.17) is 4.74 Å². The molecule has 0 atom stereocenters. The Hall–Kier alpha value is -3.15. The second kappa shape index (κ2) is 6.39. The lowest BCUT2D eigenvalue weighted by Gasteiger charge is -2.16. The Morgan fingerprint density at radius 1 is 1.08 bits per heavy atom. The molecular weight excluding hydrogens is 318 g/mol. The number of carbonyl (C=O) groups excluding carboxylic acids is 1. The fraction of sp³-hybridized carbons (Fsp3) is 0.211. The predicted molar refractivity (Wildman–Crippen MR) is 96.1 cm³/mol. The van der Waals surface area contributed by atoms with Gasteiger partial charge in [0.1, 0.15) is 5.60 Å². The number of aromatic nitrogens is 1. The van der Waals surface area contributed by atoms with Gasteiger partial charge in [-0.15, -0.1) is 5.11 Å². The maximum Gasteiger partial charge on any atom is 0.452 e. The largest absolute Gasteiger partial charge is 0.493 e. The standard InChI is InChI=1S/C19H19N3O3/c1-19(2,3)25-18(24)22-21-16-14-11-13(12-7-5-4-6-8-12)9-10-15(14)20-17(16)23/h4-11,20,23H,1-3H3. The molecule has 0 bridgehead atoms. The van der Waals surface area contributed by atoms with E-state index in [2.05, 4.69) is 15.2 Å². The first kappa shape index (κ1) is 16.7. The number of fused-ring (bicyclic) bond motifs is 1. The Bertz CT molecular complexity index is 938. The highest BCUT2D eigenvalue weighted by Crippen LogP contribution is 2.37. The maximum absolute atomic E-state index is 11.7. The predicted octanol–water partition coefficient (Wildman–Crippen LogP) is 5.56. The highest BCUT2D eigenvalue weighted by atomic mass is 16.6. The van der Waals surface area contributed by atoms with Gasteiger partial charge in [-0.05, 0) is 44.0 Å². The summed E-state index contributed by atoms with van der Waals surface area (Å²) in [7, 11) is 0. The molecule has 6 heteroatoms. The van der Waals surface area contributed by atoms with Gasteiger partial charge in [0.25, 0.3) is 0 Å². The molecule has 0 aliphatic carbocycles. The summed E-state index contributed by atoms with van der Waals surface area (Å²) < 4.78 is 5.09. The zero-order chi connectivity index (χ0) is 18.0. The zero-order valence-corrected chi connectivity index (χ0v) is 14.3. The summed E-state index contributed by atoms with van der Waals surface area (Å²) in [5.41, 5.74) is 2.27. The molecule has 3 rings (SSSR count). The van der Waals surface area contributed by atoms with Gasteiger partial charge < -0.3 is 14.8 Å². The molecule has 0 spiro atoms. The number of hydrogen-bond donors (Lipinski definition) is 2. The summed E-state index contributed by atoms with van der Waals surface area (Å²) in [5, 5.41) is 18.2. The first-order chi connectivity index (χ1) is 11.8. The van der Waals surface area contributed by atoms with Gasteiger partial charge in [0, 0.05) is 5.39 Å². The number of nitrogens with one attached hydrogen (secondary N) is 1. The summed E-state index contributed by atoms with van der Waals surface area (Å²) in [5.74, 6) is -0.146. The number of ether oxygens (including phenoxy) is 1. The zero-order valence-electron chi connectivity index (χ0n) is 14.3. The quantitative estimate of drug-likeness (QED) is 0.600. The maximum atomic E-state index is 11.7. The van der Waals surface area contributed by atoms with Crippen LogP contribution in [0.15, 0.2) is 58.8 Å². The van der Waals surface area contributed by atoms with Crippen molar-refractivity contribution in [3.05, 3.63) is 48.5 Å². The highest BCUT2D eigenvalue weighted by Gasteiger charge is 2.17. The van der Waals surface area contributed by atoms with Crippen LogP contribution in [0.2, 0.25) is 0 Å². The summed E-state index contributed by atoms with van der Waals surface area (Å²) in [4.78, 5) is 14.5. The van der Waals surface area contributed by atoms with E-state index in [-0.39, 0.29) is 11.6 Å². The fourth-order valence-electron chi connectivity index (χ4n) is 2.45. The number of amides is 1. The number of benzene rings is 2. The third-order valence-electron chi connectivity index (χ3n) is 3.48. The van der Waals surface area contributed by atoms with Gasteiger partial charge in [0.05, 0.1) is 5.52 Å². The summed E-state index contributed by atoms with van der Waals surface area (Å²) in [6.07, 6.45) is -0.805. The fourth-order valence-corrected chi connectivity index (χ4v) is 2.45. The minimum absolute atomic E-state index is 0.146. The van der Waals surface area contributed by atoms with Crippen molar-refractivity contribution in [2.24, 2.45) is 10.2 Å². The Balaban J connectivity index is 1.98. The Morgan fingerprint density at radius 2 is 1.80 bits per heavy atom. The number of hydrogen-bond acceptors (Lipinski definition) is 4. The van der Waals surface area contributed by atoms with Crippen LogP contribution in [0.1, 0.15) is 20.8 Å². The number of nitrogens with zero attached hydrogens (tertiary/aromatic N) is 2. The van der Waals surface area contributed by atoms with Crippen molar-refractivity contribution >= 4 is 22.7 Å². The van der Waals surface area contributed by atoms with Crippen molar-refractivity contribution in [3.8, 4) is 17.0 Å². The molecule has 0 unspecified atom stereocenters. The van der Waals surface area contributed by atoms with Crippen LogP contribution in [0.4, 0.5) is 10.5 Å². The average Bonchev–Trinajstić information content (AvgIpc) is 2.86. The summed E-state index contributed by atoms with van der Waals surface area (Å²) in [6.45, 7) is 5.24. The number of azo groups is 1. The summed E-state index contributed by atoms with van der Waals surface area (Å²) in [6, 6.07) is 15.5. The van der Waals surface area contributed by atoms with Crippen LogP contribution in [0.5, 0.6) is 5.88 Å². The first-order valence-corrected chi connectivity index (χ1v) is 7.88. The molecule has 0 fully saturated rings. The minimum atomic E-state index is -0.805. The SMILES string of the molecule is CC(C)(C)OC(=O)N=Nc1c(O)[nH]c2ccc(-c3ccccc3)cc12. The lowest BCUT2D eigenvalue weighted by molar-refractivity contribution is 0.0592. The van der Waals surface area contributed by atoms with E-state index in [1.807, 2.05) is 48.5 Å². The molecule has 25 heavy (non-hydrogen) atoms. The van der Waals surface area contributed by atoms with Crippen molar-refractivity contribution in [3.63, 3.8) is 0 Å². The summed E-state index contributed by atoms with van der Waals surface area (Å²) >= 11 is 0. The molecule has 3 aromatic rings. The van der Waals surface area contributed by atoms with Crippen molar-refractivity contribution < 1.29 is 14.6 Å². The number of aromatic amines is 1. The van der Waals surface area contributed by atoms with Crippen molar-refractivity contribution in [1.82, 2.24) is 4.98 Å². The van der Waals surface area contributed by atoms with E-state index in [9.17, 15) is 9.90 Å². The molecule has 0 aliphatic rings. The van der Waals surface area contributed by atoms with E-state index in [1.54, 1.807) is 20.8 Å². The van der Waals surface area contributed by atoms with Gasteiger partial charge >= 0.3 is 6.09 Å². The van der Waals surface area contributed by atoms with Gasteiger partial charge in [-0.25, -0.2) is 4.79 Å². The van der Waals surface area contributed by atoms with E-state index in [0.29, 0.717) is 10.9 Å². The second-order valence-electron chi connectivity index (χ2n) is 6.63. The molecule has 1 heterocycles. The molecule has 2 aromatic carbocycles. The molecule has 1 aromatic heterocycles. The number of H-pyrrole nitrogens is 1. The molecular formula is C19H19N3O3. The van der Waals surface area contributed by atoms with Crippen LogP contribution >= 0.6 is 0 Å². The van der Waals surface area contributed by atoms with Crippen molar-refractivity contribution in [2.75, 3.05) is 0 Å². The lowest BCUT2D eigenvalue weighted by Crippen LogP contribution is -2.21. The van der Waals surface area contributed by atoms with E-state index in [1.165, 1.54) is 0 Å². The lowest BCUT2D eigenvalue weighted by atomic mass is 10.0. The number of aromatic hydroxyl groups is 1. The smallest absolute Gasteiger partial charge is 0.452 e.